The number of carbonyl (C=O) groups is 1. The van der Waals surface area contributed by atoms with E-state index < -0.39 is 0 Å². The molecule has 0 atom stereocenters. The van der Waals surface area contributed by atoms with Crippen molar-refractivity contribution in [2.75, 3.05) is 0 Å². The van der Waals surface area contributed by atoms with Crippen molar-refractivity contribution in [3.63, 3.8) is 0 Å². The maximum absolute atomic E-state index is 10.0. The summed E-state index contributed by atoms with van der Waals surface area (Å²) < 4.78 is 1.88. The Hall–Kier alpha value is -1.31. The van der Waals surface area contributed by atoms with Crippen LogP contribution in [0.3, 0.4) is 0 Å². The largest absolute Gasteiger partial charge is 0.331 e. The standard InChI is InChI=1S/C9H11NO/c1-2-10-6-5-9(8-10)4-3-7-11/h2,5-8H,1,3-4H2. The van der Waals surface area contributed by atoms with Gasteiger partial charge in [0.1, 0.15) is 6.29 Å². The predicted molar refractivity (Wildman–Crippen MR) is 45.2 cm³/mol. The molecule has 11 heavy (non-hydrogen) atoms. The van der Waals surface area contributed by atoms with E-state index in [1.165, 1.54) is 5.56 Å². The van der Waals surface area contributed by atoms with E-state index in [1.54, 1.807) is 6.20 Å². The van der Waals surface area contributed by atoms with Gasteiger partial charge in [-0.1, -0.05) is 6.58 Å². The molecule has 0 spiro atoms. The number of aryl methyl sites for hydroxylation is 1. The molecule has 1 aromatic rings. The summed E-state index contributed by atoms with van der Waals surface area (Å²) in [6, 6.07) is 1.99. The highest BCUT2D eigenvalue weighted by Crippen LogP contribution is 2.03. The molecule has 0 amide bonds. The number of hydrogen-bond acceptors (Lipinski definition) is 1. The molecular weight excluding hydrogens is 138 g/mol. The summed E-state index contributed by atoms with van der Waals surface area (Å²) >= 11 is 0. The van der Waals surface area contributed by atoms with Gasteiger partial charge in [-0.3, -0.25) is 0 Å². The molecule has 0 fully saturated rings. The SMILES string of the molecule is C=Cn1ccc(CCC=O)c1. The van der Waals surface area contributed by atoms with Crippen molar-refractivity contribution in [1.82, 2.24) is 4.57 Å². The number of aldehydes is 1. The summed E-state index contributed by atoms with van der Waals surface area (Å²) in [5.41, 5.74) is 1.18. The molecule has 0 radical (unpaired) electrons. The minimum atomic E-state index is 0.598. The Labute approximate surface area is 66.1 Å². The highest BCUT2D eigenvalue weighted by Gasteiger charge is 1.92. The summed E-state index contributed by atoms with van der Waals surface area (Å²) in [5, 5.41) is 0. The lowest BCUT2D eigenvalue weighted by atomic mass is 10.2. The van der Waals surface area contributed by atoms with Gasteiger partial charge in [0.2, 0.25) is 0 Å². The van der Waals surface area contributed by atoms with Crippen molar-refractivity contribution in [3.05, 3.63) is 30.6 Å². The first-order valence-electron chi connectivity index (χ1n) is 3.59. The van der Waals surface area contributed by atoms with Gasteiger partial charge in [0, 0.05) is 25.0 Å². The third-order valence-corrected chi connectivity index (χ3v) is 1.54. The van der Waals surface area contributed by atoms with Gasteiger partial charge in [0.15, 0.2) is 0 Å². The van der Waals surface area contributed by atoms with E-state index >= 15 is 0 Å². The summed E-state index contributed by atoms with van der Waals surface area (Å²) in [5.74, 6) is 0. The smallest absolute Gasteiger partial charge is 0.120 e. The molecular formula is C9H11NO. The quantitative estimate of drug-likeness (QED) is 0.597. The van der Waals surface area contributed by atoms with Crippen molar-refractivity contribution in [1.29, 1.82) is 0 Å². The molecule has 1 aromatic heterocycles. The van der Waals surface area contributed by atoms with Crippen LogP contribution in [-0.2, 0) is 11.2 Å². The Balaban J connectivity index is 2.57. The Bertz CT molecular complexity index is 250. The average Bonchev–Trinajstić information content (AvgIpc) is 2.48. The van der Waals surface area contributed by atoms with Gasteiger partial charge in [-0.15, -0.1) is 0 Å². The van der Waals surface area contributed by atoms with Gasteiger partial charge < -0.3 is 9.36 Å². The Kier molecular flexibility index (Phi) is 2.66. The fourth-order valence-corrected chi connectivity index (χ4v) is 0.946. The Morgan fingerprint density at radius 2 is 2.45 bits per heavy atom. The average molecular weight is 149 g/mol. The maximum Gasteiger partial charge on any atom is 0.120 e. The van der Waals surface area contributed by atoms with Crippen LogP contribution in [-0.4, -0.2) is 10.9 Å². The number of aromatic nitrogens is 1. The molecule has 0 unspecified atom stereocenters. The van der Waals surface area contributed by atoms with Crippen molar-refractivity contribution in [2.24, 2.45) is 0 Å². The normalized spacial score (nSPS) is 9.45. The summed E-state index contributed by atoms with van der Waals surface area (Å²) in [6.45, 7) is 3.62. The Morgan fingerprint density at radius 3 is 3.00 bits per heavy atom. The highest BCUT2D eigenvalue weighted by molar-refractivity contribution is 5.50. The highest BCUT2D eigenvalue weighted by atomic mass is 16.1. The van der Waals surface area contributed by atoms with Crippen LogP contribution >= 0.6 is 0 Å². The summed E-state index contributed by atoms with van der Waals surface area (Å²) in [7, 11) is 0. The second kappa shape index (κ2) is 3.76. The van der Waals surface area contributed by atoms with Gasteiger partial charge in [0.25, 0.3) is 0 Å². The molecule has 0 bridgehead atoms. The molecule has 0 aromatic carbocycles. The zero-order valence-electron chi connectivity index (χ0n) is 6.36. The van der Waals surface area contributed by atoms with Gasteiger partial charge in [-0.05, 0) is 18.1 Å². The van der Waals surface area contributed by atoms with Crippen molar-refractivity contribution >= 4 is 12.5 Å². The molecule has 0 N–H and O–H groups in total. The van der Waals surface area contributed by atoms with E-state index in [2.05, 4.69) is 6.58 Å². The maximum atomic E-state index is 10.0. The van der Waals surface area contributed by atoms with E-state index in [1.807, 2.05) is 23.0 Å². The zero-order valence-corrected chi connectivity index (χ0v) is 6.36. The van der Waals surface area contributed by atoms with Crippen LogP contribution in [0.1, 0.15) is 12.0 Å². The third kappa shape index (κ3) is 2.08. The zero-order chi connectivity index (χ0) is 8.10. The summed E-state index contributed by atoms with van der Waals surface area (Å²) in [4.78, 5) is 10.0. The van der Waals surface area contributed by atoms with Gasteiger partial charge >= 0.3 is 0 Å². The van der Waals surface area contributed by atoms with E-state index in [9.17, 15) is 4.79 Å². The second-order valence-corrected chi connectivity index (χ2v) is 2.35. The van der Waals surface area contributed by atoms with Crippen LogP contribution in [0.2, 0.25) is 0 Å². The first-order chi connectivity index (χ1) is 5.36. The van der Waals surface area contributed by atoms with Gasteiger partial charge in [0.05, 0.1) is 0 Å². The Morgan fingerprint density at radius 1 is 1.64 bits per heavy atom. The molecule has 1 heterocycles. The molecule has 58 valence electrons. The lowest BCUT2D eigenvalue weighted by Crippen LogP contribution is -1.82. The lowest BCUT2D eigenvalue weighted by Gasteiger charge is -1.89. The minimum Gasteiger partial charge on any atom is -0.331 e. The molecule has 0 saturated heterocycles. The number of carbonyl (C=O) groups excluding carboxylic acids is 1. The summed E-state index contributed by atoms with van der Waals surface area (Å²) in [6.07, 6.45) is 7.98. The van der Waals surface area contributed by atoms with E-state index in [0.29, 0.717) is 6.42 Å². The van der Waals surface area contributed by atoms with Crippen LogP contribution in [0.4, 0.5) is 0 Å². The second-order valence-electron chi connectivity index (χ2n) is 2.35. The fourth-order valence-electron chi connectivity index (χ4n) is 0.946. The lowest BCUT2D eigenvalue weighted by molar-refractivity contribution is -0.107. The van der Waals surface area contributed by atoms with Gasteiger partial charge in [-0.25, -0.2) is 0 Å². The molecule has 2 heteroatoms. The molecule has 0 aliphatic heterocycles. The number of nitrogens with zero attached hydrogens (tertiary/aromatic N) is 1. The van der Waals surface area contributed by atoms with Crippen molar-refractivity contribution < 1.29 is 4.79 Å². The number of hydrogen-bond donors (Lipinski definition) is 0. The van der Waals surface area contributed by atoms with Crippen LogP contribution in [0.25, 0.3) is 6.20 Å². The third-order valence-electron chi connectivity index (χ3n) is 1.54. The van der Waals surface area contributed by atoms with Gasteiger partial charge in [-0.2, -0.15) is 0 Å². The van der Waals surface area contributed by atoms with Crippen LogP contribution < -0.4 is 0 Å². The molecule has 2 nitrogen and oxygen atoms in total. The molecule has 0 saturated carbocycles. The fraction of sp³-hybridized carbons (Fsp3) is 0.222. The van der Waals surface area contributed by atoms with E-state index in [0.717, 1.165) is 12.7 Å². The number of rotatable bonds is 4. The predicted octanol–water partition coefficient (Wildman–Crippen LogP) is 1.72. The first-order valence-corrected chi connectivity index (χ1v) is 3.59. The van der Waals surface area contributed by atoms with Crippen LogP contribution in [0, 0.1) is 0 Å². The molecule has 0 aliphatic rings. The first kappa shape index (κ1) is 7.79. The monoisotopic (exact) mass is 149 g/mol. The van der Waals surface area contributed by atoms with Crippen molar-refractivity contribution in [2.45, 2.75) is 12.8 Å². The van der Waals surface area contributed by atoms with Crippen molar-refractivity contribution in [3.8, 4) is 0 Å². The van der Waals surface area contributed by atoms with E-state index in [4.69, 9.17) is 0 Å². The van der Waals surface area contributed by atoms with E-state index in [-0.39, 0.29) is 0 Å². The van der Waals surface area contributed by atoms with Crippen LogP contribution in [0.5, 0.6) is 0 Å². The minimum absolute atomic E-state index is 0.598. The topological polar surface area (TPSA) is 22.0 Å². The van der Waals surface area contributed by atoms with Crippen LogP contribution in [0.15, 0.2) is 25.0 Å². The molecule has 1 rings (SSSR count). The molecule has 0 aliphatic carbocycles.